The minimum Gasteiger partial charge on any atom is -0.493 e. The van der Waals surface area contributed by atoms with Crippen LogP contribution in [0.4, 0.5) is 4.39 Å². The fourth-order valence-corrected chi connectivity index (χ4v) is 0.929. The Morgan fingerprint density at radius 3 is 2.92 bits per heavy atom. The Balaban J connectivity index is 2.45. The first-order valence-electron chi connectivity index (χ1n) is 4.16. The first-order chi connectivity index (χ1) is 6.22. The van der Waals surface area contributed by atoms with E-state index in [2.05, 4.69) is 0 Å². The van der Waals surface area contributed by atoms with Gasteiger partial charge in [-0.2, -0.15) is 0 Å². The molecule has 0 aliphatic rings. The molecule has 72 valence electrons. The lowest BCUT2D eigenvalue weighted by Crippen LogP contribution is -2.09. The summed E-state index contributed by atoms with van der Waals surface area (Å²) in [5.41, 5.74) is 0. The van der Waals surface area contributed by atoms with Gasteiger partial charge in [0.1, 0.15) is 11.6 Å². The zero-order valence-corrected chi connectivity index (χ0v) is 8.22. The van der Waals surface area contributed by atoms with Crippen LogP contribution in [0.25, 0.3) is 0 Å². The number of hydrogen-bond acceptors (Lipinski definition) is 1. The molecule has 0 saturated carbocycles. The van der Waals surface area contributed by atoms with Crippen LogP contribution in [-0.2, 0) is 0 Å². The quantitative estimate of drug-likeness (QED) is 0.682. The van der Waals surface area contributed by atoms with Gasteiger partial charge in [0.25, 0.3) is 0 Å². The lowest BCUT2D eigenvalue weighted by atomic mass is 10.2. The van der Waals surface area contributed by atoms with Crippen LogP contribution in [0.15, 0.2) is 24.3 Å². The predicted molar refractivity (Wildman–Crippen MR) is 51.8 cm³/mol. The third kappa shape index (κ3) is 3.64. The molecular formula is C10H12ClFO. The Morgan fingerprint density at radius 1 is 1.54 bits per heavy atom. The summed E-state index contributed by atoms with van der Waals surface area (Å²) in [5.74, 6) is 1.10. The number of halogens is 2. The second kappa shape index (κ2) is 5.07. The van der Waals surface area contributed by atoms with Crippen LogP contribution in [0.5, 0.6) is 5.75 Å². The fraction of sp³-hybridized carbons (Fsp3) is 0.400. The van der Waals surface area contributed by atoms with E-state index in [1.807, 2.05) is 6.92 Å². The van der Waals surface area contributed by atoms with Crippen molar-refractivity contribution < 1.29 is 9.13 Å². The normalized spacial score (nSPS) is 12.5. The Hall–Kier alpha value is -0.760. The van der Waals surface area contributed by atoms with Gasteiger partial charge in [0, 0.05) is 17.9 Å². The van der Waals surface area contributed by atoms with Crippen molar-refractivity contribution in [1.29, 1.82) is 0 Å². The van der Waals surface area contributed by atoms with Crippen LogP contribution in [0.3, 0.4) is 0 Å². The molecule has 0 spiro atoms. The molecule has 1 atom stereocenters. The Kier molecular flexibility index (Phi) is 4.03. The van der Waals surface area contributed by atoms with Crippen molar-refractivity contribution in [3.8, 4) is 5.75 Å². The first kappa shape index (κ1) is 10.3. The highest BCUT2D eigenvalue weighted by molar-refractivity contribution is 6.18. The Labute approximate surface area is 82.5 Å². The van der Waals surface area contributed by atoms with E-state index in [4.69, 9.17) is 16.3 Å². The maximum absolute atomic E-state index is 12.7. The third-order valence-corrected chi connectivity index (χ3v) is 2.12. The van der Waals surface area contributed by atoms with E-state index in [1.54, 1.807) is 12.1 Å². The smallest absolute Gasteiger partial charge is 0.126 e. The summed E-state index contributed by atoms with van der Waals surface area (Å²) in [6, 6.07) is 6.10. The van der Waals surface area contributed by atoms with Crippen LogP contribution in [0, 0.1) is 11.7 Å². The first-order valence-corrected chi connectivity index (χ1v) is 4.70. The molecular weight excluding hydrogens is 191 g/mol. The van der Waals surface area contributed by atoms with Gasteiger partial charge >= 0.3 is 0 Å². The molecule has 1 aromatic carbocycles. The fourth-order valence-electron chi connectivity index (χ4n) is 0.840. The number of alkyl halides is 1. The number of benzene rings is 1. The van der Waals surface area contributed by atoms with Crippen LogP contribution < -0.4 is 4.74 Å². The van der Waals surface area contributed by atoms with E-state index < -0.39 is 0 Å². The van der Waals surface area contributed by atoms with E-state index in [0.717, 1.165) is 0 Å². The summed E-state index contributed by atoms with van der Waals surface area (Å²) in [6.07, 6.45) is 0. The molecule has 1 nitrogen and oxygen atoms in total. The highest BCUT2D eigenvalue weighted by Crippen LogP contribution is 2.13. The molecule has 1 aromatic rings. The van der Waals surface area contributed by atoms with Gasteiger partial charge in [-0.3, -0.25) is 0 Å². The maximum Gasteiger partial charge on any atom is 0.126 e. The van der Waals surface area contributed by atoms with Crippen LogP contribution in [-0.4, -0.2) is 12.5 Å². The predicted octanol–water partition coefficient (Wildman–Crippen LogP) is 3.08. The highest BCUT2D eigenvalue weighted by atomic mass is 35.5. The summed E-state index contributed by atoms with van der Waals surface area (Å²) in [6.45, 7) is 2.50. The largest absolute Gasteiger partial charge is 0.493 e. The van der Waals surface area contributed by atoms with Crippen molar-refractivity contribution in [3.05, 3.63) is 30.1 Å². The second-order valence-electron chi connectivity index (χ2n) is 3.03. The SMILES string of the molecule is C[C@@H](CCl)COc1cccc(F)c1. The Bertz CT molecular complexity index is 265. The average molecular weight is 203 g/mol. The average Bonchev–Trinajstić information content (AvgIpc) is 2.14. The van der Waals surface area contributed by atoms with E-state index in [-0.39, 0.29) is 11.7 Å². The molecule has 0 saturated heterocycles. The van der Waals surface area contributed by atoms with Gasteiger partial charge in [-0.1, -0.05) is 13.0 Å². The van der Waals surface area contributed by atoms with E-state index >= 15 is 0 Å². The minimum absolute atomic E-state index is 0.281. The molecule has 0 unspecified atom stereocenters. The molecule has 13 heavy (non-hydrogen) atoms. The minimum atomic E-state index is -0.281. The number of ether oxygens (including phenoxy) is 1. The summed E-state index contributed by atoms with van der Waals surface area (Å²) in [4.78, 5) is 0. The van der Waals surface area contributed by atoms with Gasteiger partial charge in [-0.05, 0) is 12.1 Å². The van der Waals surface area contributed by atoms with Gasteiger partial charge < -0.3 is 4.74 Å². The van der Waals surface area contributed by atoms with Crippen molar-refractivity contribution in [2.75, 3.05) is 12.5 Å². The lowest BCUT2D eigenvalue weighted by molar-refractivity contribution is 0.271. The molecule has 0 bridgehead atoms. The van der Waals surface area contributed by atoms with Crippen molar-refractivity contribution in [1.82, 2.24) is 0 Å². The summed E-state index contributed by atoms with van der Waals surface area (Å²) < 4.78 is 18.0. The molecule has 0 aliphatic carbocycles. The molecule has 1 rings (SSSR count). The van der Waals surface area contributed by atoms with Gasteiger partial charge in [-0.25, -0.2) is 4.39 Å². The van der Waals surface area contributed by atoms with E-state index in [9.17, 15) is 4.39 Å². The molecule has 0 fully saturated rings. The van der Waals surface area contributed by atoms with E-state index in [1.165, 1.54) is 12.1 Å². The highest BCUT2D eigenvalue weighted by Gasteiger charge is 2.01. The van der Waals surface area contributed by atoms with Crippen molar-refractivity contribution in [2.24, 2.45) is 5.92 Å². The van der Waals surface area contributed by atoms with Gasteiger partial charge in [-0.15, -0.1) is 11.6 Å². The van der Waals surface area contributed by atoms with E-state index in [0.29, 0.717) is 18.2 Å². The zero-order valence-electron chi connectivity index (χ0n) is 7.47. The Morgan fingerprint density at radius 2 is 2.31 bits per heavy atom. The molecule has 0 radical (unpaired) electrons. The molecule has 3 heteroatoms. The lowest BCUT2D eigenvalue weighted by Gasteiger charge is -2.09. The molecule has 0 heterocycles. The van der Waals surface area contributed by atoms with Crippen LogP contribution in [0.1, 0.15) is 6.92 Å². The molecule has 0 aromatic heterocycles. The summed E-state index contributed by atoms with van der Waals surface area (Å²) in [7, 11) is 0. The summed E-state index contributed by atoms with van der Waals surface area (Å²) in [5, 5.41) is 0. The third-order valence-electron chi connectivity index (χ3n) is 1.59. The van der Waals surface area contributed by atoms with Gasteiger partial charge in [0.15, 0.2) is 0 Å². The molecule has 0 aliphatic heterocycles. The summed E-state index contributed by atoms with van der Waals surface area (Å²) >= 11 is 5.60. The van der Waals surface area contributed by atoms with Gasteiger partial charge in [0.05, 0.1) is 6.61 Å². The van der Waals surface area contributed by atoms with Crippen molar-refractivity contribution >= 4 is 11.6 Å². The molecule has 0 N–H and O–H groups in total. The zero-order chi connectivity index (χ0) is 9.68. The van der Waals surface area contributed by atoms with Crippen molar-refractivity contribution in [3.63, 3.8) is 0 Å². The maximum atomic E-state index is 12.7. The van der Waals surface area contributed by atoms with Gasteiger partial charge in [0.2, 0.25) is 0 Å². The topological polar surface area (TPSA) is 9.23 Å². The van der Waals surface area contributed by atoms with Crippen molar-refractivity contribution in [2.45, 2.75) is 6.92 Å². The molecule has 0 amide bonds. The number of hydrogen-bond donors (Lipinski definition) is 0. The standard InChI is InChI=1S/C10H12ClFO/c1-8(6-11)7-13-10-4-2-3-9(12)5-10/h2-5,8H,6-7H2,1H3/t8-/m0/s1. The monoisotopic (exact) mass is 202 g/mol. The van der Waals surface area contributed by atoms with Crippen LogP contribution >= 0.6 is 11.6 Å². The second-order valence-corrected chi connectivity index (χ2v) is 3.34. The number of rotatable bonds is 4. The van der Waals surface area contributed by atoms with Crippen LogP contribution in [0.2, 0.25) is 0 Å².